The third kappa shape index (κ3) is 6.02. The number of rotatable bonds is 7. The number of amides is 2. The van der Waals surface area contributed by atoms with E-state index in [-0.39, 0.29) is 0 Å². The molecule has 2 amide bonds. The van der Waals surface area contributed by atoms with E-state index in [9.17, 15) is 29.4 Å². The van der Waals surface area contributed by atoms with E-state index in [4.69, 9.17) is 0 Å². The number of carbonyl (C=O) groups is 4. The number of aliphatic carboxylic acids is 2. The maximum atomic E-state index is 11.9. The zero-order valence-electron chi connectivity index (χ0n) is 14.3. The van der Waals surface area contributed by atoms with Crippen molar-refractivity contribution < 1.29 is 38.9 Å². The Morgan fingerprint density at radius 1 is 0.643 bits per heavy atom. The molecule has 2 aromatic rings. The molecule has 0 saturated carbocycles. The van der Waals surface area contributed by atoms with Crippen molar-refractivity contribution in [3.63, 3.8) is 0 Å². The first-order valence-corrected chi connectivity index (χ1v) is 7.88. The normalized spacial score (nSPS) is 12.1. The van der Waals surface area contributed by atoms with E-state index >= 15 is 0 Å². The third-order valence-corrected chi connectivity index (χ3v) is 3.27. The number of para-hydroxylation sites is 2. The molecule has 2 atom stereocenters. The first-order chi connectivity index (χ1) is 13.4. The van der Waals surface area contributed by atoms with Crippen molar-refractivity contribution in [2.45, 2.75) is 12.2 Å². The van der Waals surface area contributed by atoms with Crippen LogP contribution in [0, 0.1) is 0 Å². The van der Waals surface area contributed by atoms with Crippen LogP contribution in [0.4, 0.5) is 21.0 Å². The molecule has 146 valence electrons. The zero-order chi connectivity index (χ0) is 20.5. The lowest BCUT2D eigenvalue weighted by Gasteiger charge is -2.21. The molecular weight excluding hydrogens is 372 g/mol. The number of benzene rings is 2. The molecule has 0 aromatic heterocycles. The molecule has 0 saturated heterocycles. The first kappa shape index (κ1) is 20.2. The highest BCUT2D eigenvalue weighted by Gasteiger charge is 2.40. The summed E-state index contributed by atoms with van der Waals surface area (Å²) in [7, 11) is 0. The Kier molecular flexibility index (Phi) is 6.92. The second-order valence-electron chi connectivity index (χ2n) is 5.31. The quantitative estimate of drug-likeness (QED) is 0.564. The van der Waals surface area contributed by atoms with Crippen LogP contribution in [-0.4, -0.2) is 46.5 Å². The number of carbonyl (C=O) groups excluding carboxylic acids is 2. The summed E-state index contributed by atoms with van der Waals surface area (Å²) in [6.07, 6.45) is -7.00. The molecule has 0 aliphatic heterocycles. The van der Waals surface area contributed by atoms with Crippen LogP contribution in [0.25, 0.3) is 0 Å². The lowest BCUT2D eigenvalue weighted by Crippen LogP contribution is -2.47. The van der Waals surface area contributed by atoms with Gasteiger partial charge in [-0.15, -0.1) is 0 Å². The Hall–Kier alpha value is -4.08. The molecule has 2 aromatic carbocycles. The Morgan fingerprint density at radius 3 is 1.25 bits per heavy atom. The fourth-order valence-corrected chi connectivity index (χ4v) is 2.05. The molecule has 0 heterocycles. The van der Waals surface area contributed by atoms with Crippen molar-refractivity contribution in [1.82, 2.24) is 0 Å². The number of carboxylic acid groups (broad SMARTS) is 2. The molecule has 0 fully saturated rings. The van der Waals surface area contributed by atoms with Crippen molar-refractivity contribution >= 4 is 35.5 Å². The van der Waals surface area contributed by atoms with Gasteiger partial charge in [0.05, 0.1) is 0 Å². The summed E-state index contributed by atoms with van der Waals surface area (Å²) in [5.41, 5.74) is 0.595. The lowest BCUT2D eigenvalue weighted by molar-refractivity contribution is -0.165. The van der Waals surface area contributed by atoms with Crippen molar-refractivity contribution in [2.75, 3.05) is 10.6 Å². The largest absolute Gasteiger partial charge is 0.478 e. The number of anilines is 2. The van der Waals surface area contributed by atoms with E-state index in [2.05, 4.69) is 20.1 Å². The molecule has 10 nitrogen and oxygen atoms in total. The van der Waals surface area contributed by atoms with Gasteiger partial charge < -0.3 is 19.7 Å². The summed E-state index contributed by atoms with van der Waals surface area (Å²) in [5.74, 6) is -3.61. The average Bonchev–Trinajstić information content (AvgIpc) is 2.65. The van der Waals surface area contributed by atoms with Crippen LogP contribution in [0.3, 0.4) is 0 Å². The second kappa shape index (κ2) is 9.57. The fraction of sp³-hybridized carbons (Fsp3) is 0.111. The topological polar surface area (TPSA) is 151 Å². The molecular formula is C18H16N2O8. The SMILES string of the molecule is O=C(Nc1ccccc1)OC(C(=O)O)C(OC(=O)Nc1ccccc1)C(=O)O. The summed E-state index contributed by atoms with van der Waals surface area (Å²) in [5, 5.41) is 22.9. The Balaban J connectivity index is 2.06. The van der Waals surface area contributed by atoms with Gasteiger partial charge in [0.1, 0.15) is 0 Å². The highest BCUT2D eigenvalue weighted by molar-refractivity contribution is 5.92. The summed E-state index contributed by atoms with van der Waals surface area (Å²) in [6, 6.07) is 15.9. The molecule has 4 N–H and O–H groups in total. The van der Waals surface area contributed by atoms with E-state index in [0.29, 0.717) is 11.4 Å². The van der Waals surface area contributed by atoms with E-state index in [1.807, 2.05) is 0 Å². The minimum Gasteiger partial charge on any atom is -0.478 e. The van der Waals surface area contributed by atoms with Gasteiger partial charge in [-0.3, -0.25) is 10.6 Å². The second-order valence-corrected chi connectivity index (χ2v) is 5.31. The molecule has 0 bridgehead atoms. The summed E-state index contributed by atoms with van der Waals surface area (Å²) in [6.45, 7) is 0. The molecule has 2 rings (SSSR count). The predicted octanol–water partition coefficient (Wildman–Crippen LogP) is 2.39. The van der Waals surface area contributed by atoms with Crippen LogP contribution < -0.4 is 10.6 Å². The maximum Gasteiger partial charge on any atom is 0.412 e. The van der Waals surface area contributed by atoms with Gasteiger partial charge in [-0.25, -0.2) is 19.2 Å². The number of ether oxygens (including phenoxy) is 2. The van der Waals surface area contributed by atoms with Gasteiger partial charge in [-0.05, 0) is 24.3 Å². The van der Waals surface area contributed by atoms with Crippen LogP contribution in [0.15, 0.2) is 60.7 Å². The lowest BCUT2D eigenvalue weighted by atomic mass is 10.2. The third-order valence-electron chi connectivity index (χ3n) is 3.27. The van der Waals surface area contributed by atoms with Crippen LogP contribution in [0.2, 0.25) is 0 Å². The predicted molar refractivity (Wildman–Crippen MR) is 95.9 cm³/mol. The molecule has 28 heavy (non-hydrogen) atoms. The maximum absolute atomic E-state index is 11.9. The van der Waals surface area contributed by atoms with E-state index < -0.39 is 36.3 Å². The highest BCUT2D eigenvalue weighted by atomic mass is 16.6. The van der Waals surface area contributed by atoms with Crippen LogP contribution in [-0.2, 0) is 19.1 Å². The first-order valence-electron chi connectivity index (χ1n) is 7.88. The Morgan fingerprint density at radius 2 is 0.964 bits per heavy atom. The smallest absolute Gasteiger partial charge is 0.412 e. The van der Waals surface area contributed by atoms with Crippen molar-refractivity contribution in [2.24, 2.45) is 0 Å². The van der Waals surface area contributed by atoms with Gasteiger partial charge in [0, 0.05) is 11.4 Å². The molecule has 0 aliphatic rings. The van der Waals surface area contributed by atoms with Crippen molar-refractivity contribution in [3.8, 4) is 0 Å². The fourth-order valence-electron chi connectivity index (χ4n) is 2.05. The van der Waals surface area contributed by atoms with E-state index in [1.54, 1.807) is 36.4 Å². The molecule has 0 aliphatic carbocycles. The summed E-state index contributed by atoms with van der Waals surface area (Å²) in [4.78, 5) is 46.6. The molecule has 0 radical (unpaired) electrons. The van der Waals surface area contributed by atoms with Gasteiger partial charge in [-0.2, -0.15) is 0 Å². The molecule has 10 heteroatoms. The van der Waals surface area contributed by atoms with E-state index in [0.717, 1.165) is 0 Å². The Labute approximate surface area is 158 Å². The monoisotopic (exact) mass is 388 g/mol. The number of carboxylic acids is 2. The van der Waals surface area contributed by atoms with Gasteiger partial charge in [0.15, 0.2) is 0 Å². The Bertz CT molecular complexity index is 770. The van der Waals surface area contributed by atoms with Gasteiger partial charge in [0.25, 0.3) is 0 Å². The minimum absolute atomic E-state index is 0.297. The number of hydrogen-bond donors (Lipinski definition) is 4. The van der Waals surface area contributed by atoms with Crippen molar-refractivity contribution in [3.05, 3.63) is 60.7 Å². The average molecular weight is 388 g/mol. The summed E-state index contributed by atoms with van der Waals surface area (Å²) >= 11 is 0. The number of hydrogen-bond acceptors (Lipinski definition) is 6. The number of nitrogens with one attached hydrogen (secondary N) is 2. The van der Waals surface area contributed by atoms with Gasteiger partial charge >= 0.3 is 24.1 Å². The van der Waals surface area contributed by atoms with Gasteiger partial charge in [0.2, 0.25) is 12.2 Å². The minimum atomic E-state index is -2.28. The molecule has 0 spiro atoms. The van der Waals surface area contributed by atoms with Crippen LogP contribution in [0.5, 0.6) is 0 Å². The van der Waals surface area contributed by atoms with E-state index in [1.165, 1.54) is 24.3 Å². The zero-order valence-corrected chi connectivity index (χ0v) is 14.3. The summed E-state index contributed by atoms with van der Waals surface area (Å²) < 4.78 is 9.31. The van der Waals surface area contributed by atoms with Crippen LogP contribution in [0.1, 0.15) is 0 Å². The van der Waals surface area contributed by atoms with Crippen molar-refractivity contribution in [1.29, 1.82) is 0 Å². The molecule has 2 unspecified atom stereocenters. The van der Waals surface area contributed by atoms with Gasteiger partial charge in [-0.1, -0.05) is 36.4 Å². The standard InChI is InChI=1S/C18H16N2O8/c21-15(22)13(27-17(25)19-11-7-3-1-4-8-11)14(16(23)24)28-18(26)20-12-9-5-2-6-10-12/h1-10,13-14H,(H,19,25)(H,20,26)(H,21,22)(H,23,24). The highest BCUT2D eigenvalue weighted by Crippen LogP contribution is 2.12. The van der Waals surface area contributed by atoms with Crippen LogP contribution >= 0.6 is 0 Å².